The van der Waals surface area contributed by atoms with Crippen molar-refractivity contribution in [1.29, 1.82) is 0 Å². The predicted octanol–water partition coefficient (Wildman–Crippen LogP) is 2.13. The Hall–Kier alpha value is 0.400. The highest BCUT2D eigenvalue weighted by Crippen LogP contribution is 2.29. The fourth-order valence-electron chi connectivity index (χ4n) is 2.08. The maximum atomic E-state index is 12.1. The quantitative estimate of drug-likeness (QED) is 0.705. The second-order valence-corrected chi connectivity index (χ2v) is 8.51. The van der Waals surface area contributed by atoms with Crippen LogP contribution in [0.4, 0.5) is 0 Å². The summed E-state index contributed by atoms with van der Waals surface area (Å²) in [5, 5.41) is 3.29. The van der Waals surface area contributed by atoms with Crippen LogP contribution >= 0.6 is 47.8 Å². The van der Waals surface area contributed by atoms with Gasteiger partial charge >= 0.3 is 0 Å². The zero-order valence-corrected chi connectivity index (χ0v) is 16.3. The molecule has 130 valence electrons. The van der Waals surface area contributed by atoms with Gasteiger partial charge in [0.1, 0.15) is 4.21 Å². The van der Waals surface area contributed by atoms with Crippen molar-refractivity contribution in [1.82, 2.24) is 14.9 Å². The molecule has 0 radical (unpaired) electrons. The van der Waals surface area contributed by atoms with E-state index in [9.17, 15) is 8.42 Å². The van der Waals surface area contributed by atoms with Gasteiger partial charge < -0.3 is 10.2 Å². The molecule has 0 saturated carbocycles. The minimum absolute atomic E-state index is 0. The number of aryl methyl sites for hydroxylation is 1. The number of piperazine rings is 1. The van der Waals surface area contributed by atoms with Crippen LogP contribution in [0.1, 0.15) is 12.0 Å². The van der Waals surface area contributed by atoms with E-state index in [1.54, 1.807) is 6.07 Å². The Kier molecular flexibility index (Phi) is 10.5. The molecule has 0 aromatic carbocycles. The Bertz CT molecular complexity index is 526. The van der Waals surface area contributed by atoms with Crippen molar-refractivity contribution in [3.8, 4) is 0 Å². The molecule has 2 N–H and O–H groups in total. The minimum Gasteiger partial charge on any atom is -0.314 e. The first-order valence-corrected chi connectivity index (χ1v) is 9.35. The van der Waals surface area contributed by atoms with Crippen LogP contribution in [0.5, 0.6) is 0 Å². The molecule has 1 aromatic rings. The molecule has 0 aliphatic carbocycles. The lowest BCUT2D eigenvalue weighted by atomic mass is 10.3. The topological polar surface area (TPSA) is 61.4 Å². The number of rotatable bonds is 6. The average molecular weight is 411 g/mol. The van der Waals surface area contributed by atoms with E-state index in [-0.39, 0.29) is 24.8 Å². The van der Waals surface area contributed by atoms with Crippen LogP contribution in [0.15, 0.2) is 10.3 Å². The molecule has 0 unspecified atom stereocenters. The third kappa shape index (κ3) is 6.49. The molecule has 0 spiro atoms. The summed E-state index contributed by atoms with van der Waals surface area (Å²) in [6.07, 6.45) is 0.817. The second kappa shape index (κ2) is 10.3. The number of hydrogen-bond donors (Lipinski definition) is 2. The van der Waals surface area contributed by atoms with E-state index in [0.717, 1.165) is 56.0 Å². The Balaban J connectivity index is 0.00000220. The van der Waals surface area contributed by atoms with Crippen LogP contribution in [0, 0.1) is 6.92 Å². The Morgan fingerprint density at radius 1 is 1.36 bits per heavy atom. The molecule has 22 heavy (non-hydrogen) atoms. The molecule has 0 amide bonds. The van der Waals surface area contributed by atoms with Crippen molar-refractivity contribution >= 4 is 57.8 Å². The Labute approximate surface area is 153 Å². The summed E-state index contributed by atoms with van der Waals surface area (Å²) >= 11 is 7.02. The number of nitrogens with zero attached hydrogens (tertiary/aromatic N) is 1. The van der Waals surface area contributed by atoms with Crippen molar-refractivity contribution in [3.63, 3.8) is 0 Å². The number of nitrogens with one attached hydrogen (secondary N) is 2. The van der Waals surface area contributed by atoms with Gasteiger partial charge in [-0.2, -0.15) is 0 Å². The SMILES string of the molecule is Cc1cc(S(=O)(=O)NCCCN2CCNCC2)sc1Cl.Cl.Cl. The smallest absolute Gasteiger partial charge is 0.250 e. The van der Waals surface area contributed by atoms with Gasteiger partial charge in [-0.05, 0) is 31.5 Å². The third-order valence-electron chi connectivity index (χ3n) is 3.25. The summed E-state index contributed by atoms with van der Waals surface area (Å²) < 4.78 is 27.6. The van der Waals surface area contributed by atoms with Gasteiger partial charge in [-0.3, -0.25) is 0 Å². The lowest BCUT2D eigenvalue weighted by molar-refractivity contribution is 0.239. The Morgan fingerprint density at radius 3 is 2.55 bits per heavy atom. The summed E-state index contributed by atoms with van der Waals surface area (Å²) in [5.41, 5.74) is 0.804. The van der Waals surface area contributed by atoms with Gasteiger partial charge in [-0.1, -0.05) is 11.6 Å². The molecular formula is C12H22Cl3N3O2S2. The molecule has 0 atom stereocenters. The fraction of sp³-hybridized carbons (Fsp3) is 0.667. The molecule has 2 heterocycles. The molecule has 10 heteroatoms. The van der Waals surface area contributed by atoms with E-state index in [0.29, 0.717) is 15.1 Å². The van der Waals surface area contributed by atoms with Crippen LogP contribution in [0.3, 0.4) is 0 Å². The number of thiophene rings is 1. The van der Waals surface area contributed by atoms with Gasteiger partial charge in [0, 0.05) is 32.7 Å². The maximum Gasteiger partial charge on any atom is 0.250 e. The highest BCUT2D eigenvalue weighted by molar-refractivity contribution is 7.91. The molecule has 1 aromatic heterocycles. The van der Waals surface area contributed by atoms with Crippen LogP contribution in [0.2, 0.25) is 4.34 Å². The van der Waals surface area contributed by atoms with E-state index < -0.39 is 10.0 Å². The van der Waals surface area contributed by atoms with Crippen LogP contribution in [-0.2, 0) is 10.0 Å². The first kappa shape index (κ1) is 22.4. The molecular weight excluding hydrogens is 389 g/mol. The second-order valence-electron chi connectivity index (χ2n) is 4.87. The first-order chi connectivity index (χ1) is 9.49. The van der Waals surface area contributed by atoms with Crippen molar-refractivity contribution in [2.45, 2.75) is 17.6 Å². The van der Waals surface area contributed by atoms with Crippen LogP contribution in [0.25, 0.3) is 0 Å². The van der Waals surface area contributed by atoms with Crippen molar-refractivity contribution in [2.24, 2.45) is 0 Å². The molecule has 1 aliphatic rings. The van der Waals surface area contributed by atoms with E-state index in [1.165, 1.54) is 0 Å². The Morgan fingerprint density at radius 2 is 2.00 bits per heavy atom. The van der Waals surface area contributed by atoms with Crippen molar-refractivity contribution in [3.05, 3.63) is 16.0 Å². The standard InChI is InChI=1S/C12H20ClN3O2S2.2ClH/c1-10-9-11(19-12(10)13)20(17,18)15-3-2-6-16-7-4-14-5-8-16;;/h9,14-15H,2-8H2,1H3;2*1H. The predicted molar refractivity (Wildman–Crippen MR) is 97.7 cm³/mol. The average Bonchev–Trinajstić information content (AvgIpc) is 2.77. The molecule has 1 aliphatic heterocycles. The summed E-state index contributed by atoms with van der Waals surface area (Å²) in [6, 6.07) is 1.62. The van der Waals surface area contributed by atoms with Crippen LogP contribution in [-0.4, -0.2) is 52.6 Å². The summed E-state index contributed by atoms with van der Waals surface area (Å²) in [4.78, 5) is 2.34. The van der Waals surface area contributed by atoms with Gasteiger partial charge in [-0.15, -0.1) is 36.2 Å². The van der Waals surface area contributed by atoms with E-state index in [4.69, 9.17) is 11.6 Å². The normalized spacial score (nSPS) is 15.9. The highest BCUT2D eigenvalue weighted by atomic mass is 35.5. The van der Waals surface area contributed by atoms with E-state index in [1.807, 2.05) is 6.92 Å². The molecule has 1 fully saturated rings. The van der Waals surface area contributed by atoms with E-state index >= 15 is 0 Å². The molecule has 2 rings (SSSR count). The summed E-state index contributed by atoms with van der Waals surface area (Å²) in [5.74, 6) is 0. The zero-order chi connectivity index (χ0) is 14.6. The number of hydrogen-bond acceptors (Lipinski definition) is 5. The lowest BCUT2D eigenvalue weighted by Crippen LogP contribution is -2.44. The third-order valence-corrected chi connectivity index (χ3v) is 6.74. The van der Waals surface area contributed by atoms with Gasteiger partial charge in [0.05, 0.1) is 4.34 Å². The van der Waals surface area contributed by atoms with Crippen molar-refractivity contribution < 1.29 is 8.42 Å². The molecule has 1 saturated heterocycles. The maximum absolute atomic E-state index is 12.1. The number of sulfonamides is 1. The van der Waals surface area contributed by atoms with Gasteiger partial charge in [0.2, 0.25) is 10.0 Å². The summed E-state index contributed by atoms with van der Waals surface area (Å²) in [6.45, 7) is 7.29. The van der Waals surface area contributed by atoms with Gasteiger partial charge in [-0.25, -0.2) is 13.1 Å². The monoisotopic (exact) mass is 409 g/mol. The molecule has 5 nitrogen and oxygen atoms in total. The van der Waals surface area contributed by atoms with E-state index in [2.05, 4.69) is 14.9 Å². The minimum atomic E-state index is -3.41. The lowest BCUT2D eigenvalue weighted by Gasteiger charge is -2.26. The zero-order valence-electron chi connectivity index (χ0n) is 12.3. The van der Waals surface area contributed by atoms with Crippen LogP contribution < -0.4 is 10.0 Å². The summed E-state index contributed by atoms with van der Waals surface area (Å²) in [7, 11) is -3.41. The van der Waals surface area contributed by atoms with Gasteiger partial charge in [0.15, 0.2) is 0 Å². The highest BCUT2D eigenvalue weighted by Gasteiger charge is 2.18. The number of halogens is 3. The molecule has 0 bridgehead atoms. The fourth-order valence-corrected chi connectivity index (χ4v) is 4.91. The van der Waals surface area contributed by atoms with Gasteiger partial charge in [0.25, 0.3) is 0 Å². The largest absolute Gasteiger partial charge is 0.314 e. The van der Waals surface area contributed by atoms with Crippen molar-refractivity contribution in [2.75, 3.05) is 39.3 Å². The first-order valence-electron chi connectivity index (χ1n) is 6.68.